The molecule has 3 rings (SSSR count). The van der Waals surface area contributed by atoms with Gasteiger partial charge in [0, 0.05) is 17.1 Å². The van der Waals surface area contributed by atoms with Crippen LogP contribution in [0, 0.1) is 6.92 Å². The molecule has 1 aromatic carbocycles. The number of hydrogen-bond acceptors (Lipinski definition) is 5. The highest BCUT2D eigenvalue weighted by Gasteiger charge is 2.35. The van der Waals surface area contributed by atoms with Crippen LogP contribution in [-0.4, -0.2) is 28.1 Å². The summed E-state index contributed by atoms with van der Waals surface area (Å²) in [6, 6.07) is 7.37. The summed E-state index contributed by atoms with van der Waals surface area (Å²) in [6.07, 6.45) is -3.51. The van der Waals surface area contributed by atoms with Crippen LogP contribution in [0.2, 0.25) is 0 Å². The number of benzene rings is 1. The number of aliphatic hydroxyl groups excluding tert-OH is 1. The first kappa shape index (κ1) is 21.6. The van der Waals surface area contributed by atoms with E-state index < -0.39 is 23.3 Å². The first-order valence-electron chi connectivity index (χ1n) is 9.12. The lowest BCUT2D eigenvalue weighted by atomic mass is 10.0. The van der Waals surface area contributed by atoms with E-state index >= 15 is 0 Å². The van der Waals surface area contributed by atoms with Crippen LogP contribution in [0.5, 0.6) is 5.75 Å². The van der Waals surface area contributed by atoms with Crippen molar-refractivity contribution >= 4 is 16.9 Å². The van der Waals surface area contributed by atoms with Crippen LogP contribution in [0.1, 0.15) is 41.2 Å². The van der Waals surface area contributed by atoms with E-state index in [0.29, 0.717) is 16.7 Å². The largest absolute Gasteiger partial charge is 0.489 e. The van der Waals surface area contributed by atoms with Gasteiger partial charge >= 0.3 is 6.18 Å². The number of hydrogen-bond donors (Lipinski definition) is 2. The molecule has 0 aliphatic rings. The van der Waals surface area contributed by atoms with Crippen LogP contribution in [-0.2, 0) is 12.8 Å². The summed E-state index contributed by atoms with van der Waals surface area (Å²) < 4.78 is 50.5. The second-order valence-electron chi connectivity index (χ2n) is 7.48. The molecular formula is C21H21F3N2O4. The highest BCUT2D eigenvalue weighted by Crippen LogP contribution is 2.32. The van der Waals surface area contributed by atoms with Crippen molar-refractivity contribution in [3.8, 4) is 5.75 Å². The fraction of sp³-hybridized carbons (Fsp3) is 0.333. The second kappa shape index (κ2) is 7.98. The number of aryl methyl sites for hydroxylation is 1. The summed E-state index contributed by atoms with van der Waals surface area (Å²) in [7, 11) is 0. The van der Waals surface area contributed by atoms with E-state index in [1.165, 1.54) is 18.2 Å². The Morgan fingerprint density at radius 3 is 2.67 bits per heavy atom. The third-order valence-electron chi connectivity index (χ3n) is 4.46. The van der Waals surface area contributed by atoms with Crippen LogP contribution >= 0.6 is 0 Å². The molecule has 1 amide bonds. The Morgan fingerprint density at radius 2 is 2.00 bits per heavy atom. The number of aliphatic hydroxyl groups is 1. The molecule has 3 aromatic rings. The Bertz CT molecular complexity index is 1070. The lowest BCUT2D eigenvalue weighted by Crippen LogP contribution is -2.46. The van der Waals surface area contributed by atoms with E-state index in [9.17, 15) is 23.1 Å². The van der Waals surface area contributed by atoms with Crippen LogP contribution in [0.25, 0.3) is 11.0 Å². The molecule has 0 unspecified atom stereocenters. The topological polar surface area (TPSA) is 84.6 Å². The number of nitrogens with one attached hydrogen (secondary N) is 1. The highest BCUT2D eigenvalue weighted by atomic mass is 19.4. The molecule has 9 heteroatoms. The number of aromatic nitrogens is 1. The predicted octanol–water partition coefficient (Wildman–Crippen LogP) is 4.23. The number of ether oxygens (including phenoxy) is 1. The third-order valence-corrected chi connectivity index (χ3v) is 4.46. The van der Waals surface area contributed by atoms with Gasteiger partial charge in [0.15, 0.2) is 5.69 Å². The third kappa shape index (κ3) is 4.56. The van der Waals surface area contributed by atoms with Gasteiger partial charge in [-0.1, -0.05) is 6.07 Å². The maximum absolute atomic E-state index is 13.1. The average molecular weight is 422 g/mol. The van der Waals surface area contributed by atoms with Crippen LogP contribution in [0.3, 0.4) is 0 Å². The quantitative estimate of drug-likeness (QED) is 0.621. The maximum atomic E-state index is 13.1. The Balaban J connectivity index is 1.89. The van der Waals surface area contributed by atoms with Gasteiger partial charge in [0.25, 0.3) is 5.91 Å². The molecule has 2 N–H and O–H groups in total. The zero-order valence-electron chi connectivity index (χ0n) is 16.6. The molecule has 0 radical (unpaired) electrons. The van der Waals surface area contributed by atoms with E-state index in [4.69, 9.17) is 9.15 Å². The number of amides is 1. The minimum Gasteiger partial charge on any atom is -0.489 e. The van der Waals surface area contributed by atoms with Crippen molar-refractivity contribution in [2.45, 2.75) is 39.1 Å². The number of rotatable bonds is 6. The fourth-order valence-corrected chi connectivity index (χ4v) is 2.95. The molecule has 0 aliphatic heterocycles. The van der Waals surface area contributed by atoms with Crippen molar-refractivity contribution in [1.82, 2.24) is 10.3 Å². The lowest BCUT2D eigenvalue weighted by Gasteiger charge is -2.23. The molecule has 0 spiro atoms. The standard InChI is InChI=1S/C21H21F3N2O4/c1-12-17(19(28)26-20(2,3)11-27)15-9-14(6-7-16(15)30-12)29-10-13-5-4-8-25-18(13)21(22,23)24/h4-9,27H,10-11H2,1-3H3,(H,26,28). The number of carbonyl (C=O) groups is 1. The van der Waals surface area contributed by atoms with Crippen molar-refractivity contribution in [3.63, 3.8) is 0 Å². The summed E-state index contributed by atoms with van der Waals surface area (Å²) in [5.41, 5.74) is -1.23. The summed E-state index contributed by atoms with van der Waals surface area (Å²) in [6.45, 7) is 4.37. The maximum Gasteiger partial charge on any atom is 0.433 e. The van der Waals surface area contributed by atoms with Gasteiger partial charge in [-0.3, -0.25) is 9.78 Å². The first-order chi connectivity index (χ1) is 14.0. The molecule has 2 aromatic heterocycles. The van der Waals surface area contributed by atoms with Crippen LogP contribution in [0.15, 0.2) is 40.9 Å². The second-order valence-corrected chi connectivity index (χ2v) is 7.48. The molecule has 2 heterocycles. The average Bonchev–Trinajstić information content (AvgIpc) is 3.00. The molecule has 0 saturated carbocycles. The molecule has 0 saturated heterocycles. The number of fused-ring (bicyclic) bond motifs is 1. The van der Waals surface area contributed by atoms with Gasteiger partial charge < -0.3 is 19.6 Å². The van der Waals surface area contributed by atoms with Gasteiger partial charge in [0.05, 0.1) is 17.7 Å². The summed E-state index contributed by atoms with van der Waals surface area (Å²) in [5, 5.41) is 12.6. The van der Waals surface area contributed by atoms with E-state index in [2.05, 4.69) is 10.3 Å². The number of furan rings is 1. The van der Waals surface area contributed by atoms with Gasteiger partial charge in [0.1, 0.15) is 23.7 Å². The fourth-order valence-electron chi connectivity index (χ4n) is 2.95. The Labute approximate surface area is 170 Å². The van der Waals surface area contributed by atoms with E-state index in [1.54, 1.807) is 32.9 Å². The number of alkyl halides is 3. The SMILES string of the molecule is Cc1oc2ccc(OCc3cccnc3C(F)(F)F)cc2c1C(=O)NC(C)(C)CO. The van der Waals surface area contributed by atoms with Crippen LogP contribution < -0.4 is 10.1 Å². The van der Waals surface area contributed by atoms with Crippen molar-refractivity contribution in [2.75, 3.05) is 6.61 Å². The van der Waals surface area contributed by atoms with E-state index in [0.717, 1.165) is 6.20 Å². The molecule has 0 bridgehead atoms. The minimum atomic E-state index is -4.59. The molecule has 30 heavy (non-hydrogen) atoms. The minimum absolute atomic E-state index is 0.101. The smallest absolute Gasteiger partial charge is 0.433 e. The lowest BCUT2D eigenvalue weighted by molar-refractivity contribution is -0.142. The van der Waals surface area contributed by atoms with Crippen molar-refractivity contribution in [3.05, 3.63) is 59.1 Å². The molecule has 0 aliphatic carbocycles. The van der Waals surface area contributed by atoms with Crippen molar-refractivity contribution < 1.29 is 32.2 Å². The van der Waals surface area contributed by atoms with Gasteiger partial charge in [0.2, 0.25) is 0 Å². The van der Waals surface area contributed by atoms with E-state index in [-0.39, 0.29) is 30.1 Å². The number of nitrogens with zero attached hydrogens (tertiary/aromatic N) is 1. The summed E-state index contributed by atoms with van der Waals surface area (Å²) >= 11 is 0. The number of carbonyl (C=O) groups excluding carboxylic acids is 1. The number of halogens is 3. The van der Waals surface area contributed by atoms with Gasteiger partial charge in [-0.15, -0.1) is 0 Å². The molecule has 0 fully saturated rings. The normalized spacial score (nSPS) is 12.2. The summed E-state index contributed by atoms with van der Waals surface area (Å²) in [5.74, 6) is 0.213. The molecule has 160 valence electrons. The van der Waals surface area contributed by atoms with E-state index in [1.807, 2.05) is 0 Å². The van der Waals surface area contributed by atoms with Crippen LogP contribution in [0.4, 0.5) is 13.2 Å². The predicted molar refractivity (Wildman–Crippen MR) is 103 cm³/mol. The zero-order valence-corrected chi connectivity index (χ0v) is 16.6. The Hall–Kier alpha value is -3.07. The highest BCUT2D eigenvalue weighted by molar-refractivity contribution is 6.07. The van der Waals surface area contributed by atoms with Gasteiger partial charge in [-0.25, -0.2) is 0 Å². The molecular weight excluding hydrogens is 401 g/mol. The Morgan fingerprint density at radius 1 is 1.27 bits per heavy atom. The first-order valence-corrected chi connectivity index (χ1v) is 9.12. The molecule has 0 atom stereocenters. The van der Waals surface area contributed by atoms with Crippen molar-refractivity contribution in [2.24, 2.45) is 0 Å². The molecule has 6 nitrogen and oxygen atoms in total. The van der Waals surface area contributed by atoms with Gasteiger partial charge in [-0.05, 0) is 45.0 Å². The van der Waals surface area contributed by atoms with Gasteiger partial charge in [-0.2, -0.15) is 13.2 Å². The monoisotopic (exact) mass is 422 g/mol. The zero-order chi connectivity index (χ0) is 22.1. The number of pyridine rings is 1. The Kier molecular flexibility index (Phi) is 5.76. The van der Waals surface area contributed by atoms with Crippen molar-refractivity contribution in [1.29, 1.82) is 0 Å². The summed E-state index contributed by atoms with van der Waals surface area (Å²) in [4.78, 5) is 16.1.